The van der Waals surface area contributed by atoms with Gasteiger partial charge in [-0.25, -0.2) is 0 Å². The highest BCUT2D eigenvalue weighted by molar-refractivity contribution is 5.85. The molecule has 6 nitrogen and oxygen atoms in total. The number of benzene rings is 3. The number of halogens is 4. The summed E-state index contributed by atoms with van der Waals surface area (Å²) in [4.78, 5) is 18.1. The third-order valence-corrected chi connectivity index (χ3v) is 7.96. The zero-order valence-corrected chi connectivity index (χ0v) is 22.6. The van der Waals surface area contributed by atoms with Crippen LogP contribution in [0.3, 0.4) is 0 Å². The Kier molecular flexibility index (Phi) is 7.22. The van der Waals surface area contributed by atoms with Crippen molar-refractivity contribution in [2.45, 2.75) is 52.0 Å². The molecule has 1 aliphatic heterocycles. The number of nitrogens with zero attached hydrogens (tertiary/aromatic N) is 3. The molecule has 0 spiro atoms. The Bertz CT molecular complexity index is 1590. The summed E-state index contributed by atoms with van der Waals surface area (Å²) in [7, 11) is 0. The van der Waals surface area contributed by atoms with E-state index >= 15 is 0 Å². The Labute approximate surface area is 235 Å². The van der Waals surface area contributed by atoms with Crippen molar-refractivity contribution < 1.29 is 27.6 Å². The molecule has 208 valence electrons. The molecule has 1 fully saturated rings. The zero-order chi connectivity index (χ0) is 27.5. The number of hydrogen-bond donors (Lipinski definition) is 1. The molecule has 0 saturated heterocycles. The summed E-state index contributed by atoms with van der Waals surface area (Å²) in [6, 6.07) is 15.0. The van der Waals surface area contributed by atoms with Crippen molar-refractivity contribution in [2.24, 2.45) is 5.92 Å². The van der Waals surface area contributed by atoms with E-state index in [1.807, 2.05) is 6.07 Å². The summed E-state index contributed by atoms with van der Waals surface area (Å²) in [6.45, 7) is 5.37. The topological polar surface area (TPSA) is 79.5 Å². The SMILES string of the molecule is Cc1cc(-c2nc(-c3cc(C)c4c(c3)CN(C3CC(C(=O)O)C3)C4)no2)ccc1-c1ccccc1C(F)(F)F.Cl. The minimum Gasteiger partial charge on any atom is -0.481 e. The van der Waals surface area contributed by atoms with Gasteiger partial charge in [-0.05, 0) is 90.4 Å². The van der Waals surface area contributed by atoms with E-state index in [1.165, 1.54) is 23.3 Å². The van der Waals surface area contributed by atoms with Gasteiger partial charge in [0.2, 0.25) is 5.82 Å². The summed E-state index contributed by atoms with van der Waals surface area (Å²) >= 11 is 0. The van der Waals surface area contributed by atoms with Crippen molar-refractivity contribution >= 4 is 18.4 Å². The number of aromatic nitrogens is 2. The van der Waals surface area contributed by atoms with Crippen LogP contribution in [0.4, 0.5) is 13.2 Å². The highest BCUT2D eigenvalue weighted by atomic mass is 35.5. The van der Waals surface area contributed by atoms with Crippen molar-refractivity contribution in [1.29, 1.82) is 0 Å². The molecule has 0 unspecified atom stereocenters. The van der Waals surface area contributed by atoms with Crippen LogP contribution in [0.15, 0.2) is 59.1 Å². The van der Waals surface area contributed by atoms with Crippen LogP contribution in [0, 0.1) is 19.8 Å². The molecule has 2 heterocycles. The average molecular weight is 570 g/mol. The van der Waals surface area contributed by atoms with Crippen LogP contribution in [0.5, 0.6) is 0 Å². The molecule has 1 aliphatic carbocycles. The van der Waals surface area contributed by atoms with Gasteiger partial charge in [0.15, 0.2) is 0 Å². The molecule has 10 heteroatoms. The Morgan fingerprint density at radius 1 is 0.975 bits per heavy atom. The molecule has 0 atom stereocenters. The third kappa shape index (κ3) is 4.99. The summed E-state index contributed by atoms with van der Waals surface area (Å²) in [5, 5.41) is 13.4. The third-order valence-electron chi connectivity index (χ3n) is 7.96. The number of carboxylic acid groups (broad SMARTS) is 1. The highest BCUT2D eigenvalue weighted by Gasteiger charge is 2.40. The number of carbonyl (C=O) groups is 1. The number of aryl methyl sites for hydroxylation is 2. The number of hydrogen-bond acceptors (Lipinski definition) is 5. The van der Waals surface area contributed by atoms with Crippen LogP contribution in [-0.2, 0) is 24.1 Å². The van der Waals surface area contributed by atoms with Gasteiger partial charge in [0.05, 0.1) is 11.5 Å². The summed E-state index contributed by atoms with van der Waals surface area (Å²) in [5.74, 6) is -0.235. The fraction of sp³-hybridized carbons (Fsp3) is 0.300. The lowest BCUT2D eigenvalue weighted by atomic mass is 9.79. The van der Waals surface area contributed by atoms with Crippen molar-refractivity contribution in [2.75, 3.05) is 0 Å². The minimum absolute atomic E-state index is 0. The van der Waals surface area contributed by atoms with Gasteiger partial charge in [-0.1, -0.05) is 29.4 Å². The van der Waals surface area contributed by atoms with E-state index in [2.05, 4.69) is 28.0 Å². The van der Waals surface area contributed by atoms with Crippen molar-refractivity contribution in [3.8, 4) is 34.0 Å². The smallest absolute Gasteiger partial charge is 0.417 e. The molecule has 0 radical (unpaired) electrons. The van der Waals surface area contributed by atoms with Gasteiger partial charge in [0, 0.05) is 30.3 Å². The van der Waals surface area contributed by atoms with Crippen LogP contribution in [0.1, 0.15) is 40.7 Å². The van der Waals surface area contributed by atoms with E-state index in [0.29, 0.717) is 35.4 Å². The van der Waals surface area contributed by atoms with Crippen LogP contribution >= 0.6 is 12.4 Å². The molecular weight excluding hydrogens is 543 g/mol. The lowest BCUT2D eigenvalue weighted by molar-refractivity contribution is -0.147. The van der Waals surface area contributed by atoms with Crippen LogP contribution in [0.25, 0.3) is 34.0 Å². The van der Waals surface area contributed by atoms with Gasteiger partial charge in [0.25, 0.3) is 5.89 Å². The van der Waals surface area contributed by atoms with Crippen LogP contribution < -0.4 is 0 Å². The summed E-state index contributed by atoms with van der Waals surface area (Å²) < 4.78 is 46.2. The quantitative estimate of drug-likeness (QED) is 0.271. The van der Waals surface area contributed by atoms with Crippen molar-refractivity contribution in [1.82, 2.24) is 15.0 Å². The van der Waals surface area contributed by atoms with E-state index in [-0.39, 0.29) is 35.8 Å². The molecule has 1 aromatic heterocycles. The number of rotatable bonds is 5. The molecule has 1 N–H and O–H groups in total. The van der Waals surface area contributed by atoms with E-state index < -0.39 is 17.7 Å². The molecular formula is C30H27ClF3N3O3. The lowest BCUT2D eigenvalue weighted by Crippen LogP contribution is -2.44. The van der Waals surface area contributed by atoms with Crippen molar-refractivity contribution in [3.05, 3.63) is 82.4 Å². The summed E-state index contributed by atoms with van der Waals surface area (Å²) in [6.07, 6.45) is -3.08. The molecule has 3 aromatic carbocycles. The molecule has 4 aromatic rings. The lowest BCUT2D eigenvalue weighted by Gasteiger charge is -2.39. The Morgan fingerprint density at radius 3 is 2.40 bits per heavy atom. The van der Waals surface area contributed by atoms with E-state index in [0.717, 1.165) is 30.3 Å². The number of carboxylic acids is 1. The monoisotopic (exact) mass is 569 g/mol. The normalized spacial score (nSPS) is 18.6. The van der Waals surface area contributed by atoms with Crippen molar-refractivity contribution in [3.63, 3.8) is 0 Å². The Balaban J connectivity index is 0.00000323. The van der Waals surface area contributed by atoms with E-state index in [4.69, 9.17) is 4.52 Å². The first-order valence-corrected chi connectivity index (χ1v) is 12.8. The molecule has 2 aliphatic rings. The second kappa shape index (κ2) is 10.4. The molecule has 0 amide bonds. The first-order valence-electron chi connectivity index (χ1n) is 12.8. The standard InChI is InChI=1S/C30H26F3N3O3.ClH/c1-16-9-18(7-8-23(16)24-5-3-4-6-26(24)30(31,32)33)28-34-27(35-39-28)19-10-17(2)25-15-36(14-21(25)11-19)22-12-20(13-22)29(37)38;/h3-11,20,22H,12-15H2,1-2H3,(H,37,38);1H. The molecule has 6 rings (SSSR count). The molecule has 0 bridgehead atoms. The first-order chi connectivity index (χ1) is 18.6. The van der Waals surface area contributed by atoms with Crippen LogP contribution in [0.2, 0.25) is 0 Å². The highest BCUT2D eigenvalue weighted by Crippen LogP contribution is 2.40. The number of aliphatic carboxylic acids is 1. The summed E-state index contributed by atoms with van der Waals surface area (Å²) in [5.41, 5.74) is 5.62. The predicted octanol–water partition coefficient (Wildman–Crippen LogP) is 7.31. The van der Waals surface area contributed by atoms with Gasteiger partial charge in [-0.2, -0.15) is 18.2 Å². The first kappa shape index (κ1) is 27.9. The number of fused-ring (bicyclic) bond motifs is 1. The fourth-order valence-corrected chi connectivity index (χ4v) is 5.73. The average Bonchev–Trinajstić information content (AvgIpc) is 3.50. The second-order valence-corrected chi connectivity index (χ2v) is 10.5. The van der Waals surface area contributed by atoms with Gasteiger partial charge >= 0.3 is 12.1 Å². The van der Waals surface area contributed by atoms with E-state index in [9.17, 15) is 23.1 Å². The van der Waals surface area contributed by atoms with Gasteiger partial charge in [-0.3, -0.25) is 9.69 Å². The fourth-order valence-electron chi connectivity index (χ4n) is 5.73. The maximum Gasteiger partial charge on any atom is 0.417 e. The molecule has 40 heavy (non-hydrogen) atoms. The van der Waals surface area contributed by atoms with E-state index in [1.54, 1.807) is 31.2 Å². The largest absolute Gasteiger partial charge is 0.481 e. The van der Waals surface area contributed by atoms with Gasteiger partial charge in [0.1, 0.15) is 0 Å². The predicted molar refractivity (Wildman–Crippen MR) is 146 cm³/mol. The Morgan fingerprint density at radius 2 is 1.70 bits per heavy atom. The molecule has 1 saturated carbocycles. The second-order valence-electron chi connectivity index (χ2n) is 10.5. The Hall–Kier alpha value is -3.69. The minimum atomic E-state index is -4.45. The van der Waals surface area contributed by atoms with Gasteiger partial charge in [-0.15, -0.1) is 12.4 Å². The zero-order valence-electron chi connectivity index (χ0n) is 21.8. The van der Waals surface area contributed by atoms with Crippen LogP contribution in [-0.4, -0.2) is 32.2 Å². The maximum atomic E-state index is 13.6. The number of alkyl halides is 3. The van der Waals surface area contributed by atoms with Gasteiger partial charge < -0.3 is 9.63 Å². The maximum absolute atomic E-state index is 13.6.